The zero-order valence-electron chi connectivity index (χ0n) is 13.0. The average molecular weight is 277 g/mol. The Morgan fingerprint density at radius 2 is 2.25 bits per heavy atom. The van der Waals surface area contributed by atoms with Gasteiger partial charge in [0.1, 0.15) is 5.82 Å². The van der Waals surface area contributed by atoms with E-state index in [-0.39, 0.29) is 0 Å². The lowest BCUT2D eigenvalue weighted by Gasteiger charge is -2.21. The van der Waals surface area contributed by atoms with Crippen LogP contribution in [0.2, 0.25) is 0 Å². The lowest BCUT2D eigenvalue weighted by atomic mass is 10.1. The van der Waals surface area contributed by atoms with Gasteiger partial charge in [-0.2, -0.15) is 0 Å². The summed E-state index contributed by atoms with van der Waals surface area (Å²) in [6.45, 7) is 7.46. The van der Waals surface area contributed by atoms with Crippen LogP contribution in [0.3, 0.4) is 0 Å². The van der Waals surface area contributed by atoms with Crippen molar-refractivity contribution in [1.82, 2.24) is 20.2 Å². The van der Waals surface area contributed by atoms with Gasteiger partial charge in [-0.3, -0.25) is 4.98 Å². The second-order valence-electron chi connectivity index (χ2n) is 5.84. The minimum absolute atomic E-state index is 0.748. The van der Waals surface area contributed by atoms with E-state index in [0.29, 0.717) is 0 Å². The topological polar surface area (TPSA) is 44.3 Å². The third-order valence-corrected chi connectivity index (χ3v) is 3.84. The molecular formula is C15H27N5. The van der Waals surface area contributed by atoms with Crippen molar-refractivity contribution in [3.63, 3.8) is 0 Å². The van der Waals surface area contributed by atoms with Gasteiger partial charge in [-0.05, 0) is 38.9 Å². The Kier molecular flexibility index (Phi) is 5.73. The lowest BCUT2D eigenvalue weighted by molar-refractivity contribution is 0.395. The summed E-state index contributed by atoms with van der Waals surface area (Å²) < 4.78 is 0. The summed E-state index contributed by atoms with van der Waals surface area (Å²) in [5.74, 6) is 1.72. The SMILES string of the molecule is CCCNCc1cnc(N(C)CC2CCN(C)C2)cn1. The van der Waals surface area contributed by atoms with Crippen LogP contribution in [0.15, 0.2) is 12.4 Å². The highest BCUT2D eigenvalue weighted by atomic mass is 15.2. The molecule has 5 heteroatoms. The number of nitrogens with zero attached hydrogens (tertiary/aromatic N) is 4. The standard InChI is InChI=1S/C15H27N5/c1-4-6-16-8-14-9-18-15(10-17-14)20(3)12-13-5-7-19(2)11-13/h9-10,13,16H,4-8,11-12H2,1-3H3. The van der Waals surface area contributed by atoms with Crippen molar-refractivity contribution in [2.24, 2.45) is 5.92 Å². The van der Waals surface area contributed by atoms with Crippen molar-refractivity contribution < 1.29 is 0 Å². The highest BCUT2D eigenvalue weighted by Gasteiger charge is 2.21. The third-order valence-electron chi connectivity index (χ3n) is 3.84. The van der Waals surface area contributed by atoms with Crippen LogP contribution in [0.1, 0.15) is 25.5 Å². The van der Waals surface area contributed by atoms with Crippen molar-refractivity contribution in [3.8, 4) is 0 Å². The van der Waals surface area contributed by atoms with Gasteiger partial charge < -0.3 is 15.1 Å². The molecule has 0 spiro atoms. The van der Waals surface area contributed by atoms with Gasteiger partial charge in [0.2, 0.25) is 0 Å². The Bertz CT molecular complexity index is 392. The van der Waals surface area contributed by atoms with Gasteiger partial charge in [-0.25, -0.2) is 4.98 Å². The summed E-state index contributed by atoms with van der Waals surface area (Å²) >= 11 is 0. The van der Waals surface area contributed by atoms with Crippen molar-refractivity contribution in [2.45, 2.75) is 26.3 Å². The largest absolute Gasteiger partial charge is 0.358 e. The number of nitrogens with one attached hydrogen (secondary N) is 1. The minimum atomic E-state index is 0.748. The molecule has 0 aromatic carbocycles. The number of rotatable bonds is 7. The van der Waals surface area contributed by atoms with Gasteiger partial charge in [0.25, 0.3) is 0 Å². The van der Waals surface area contributed by atoms with E-state index in [1.54, 1.807) is 0 Å². The zero-order chi connectivity index (χ0) is 14.4. The second kappa shape index (κ2) is 7.55. The summed E-state index contributed by atoms with van der Waals surface area (Å²) in [5.41, 5.74) is 1.01. The van der Waals surface area contributed by atoms with Crippen LogP contribution in [0.5, 0.6) is 0 Å². The summed E-state index contributed by atoms with van der Waals surface area (Å²) in [6, 6.07) is 0. The fourth-order valence-corrected chi connectivity index (χ4v) is 2.69. The lowest BCUT2D eigenvalue weighted by Crippen LogP contribution is -2.28. The van der Waals surface area contributed by atoms with Crippen LogP contribution in [0, 0.1) is 5.92 Å². The summed E-state index contributed by atoms with van der Waals surface area (Å²) in [6.07, 6.45) is 6.20. The maximum atomic E-state index is 4.53. The van der Waals surface area contributed by atoms with Gasteiger partial charge >= 0.3 is 0 Å². The third kappa shape index (κ3) is 4.42. The molecule has 0 aliphatic carbocycles. The summed E-state index contributed by atoms with van der Waals surface area (Å²) in [4.78, 5) is 13.6. The minimum Gasteiger partial charge on any atom is -0.358 e. The molecule has 1 unspecified atom stereocenters. The normalized spacial score (nSPS) is 19.4. The predicted octanol–water partition coefficient (Wildman–Crippen LogP) is 1.36. The first-order valence-electron chi connectivity index (χ1n) is 7.60. The molecule has 2 heterocycles. The van der Waals surface area contributed by atoms with Crippen molar-refractivity contribution in [2.75, 3.05) is 45.2 Å². The van der Waals surface area contributed by atoms with E-state index in [2.05, 4.69) is 46.1 Å². The summed E-state index contributed by atoms with van der Waals surface area (Å²) in [5, 5.41) is 3.34. The number of hydrogen-bond acceptors (Lipinski definition) is 5. The first-order chi connectivity index (χ1) is 9.69. The molecule has 0 saturated carbocycles. The van der Waals surface area contributed by atoms with Crippen LogP contribution >= 0.6 is 0 Å². The molecule has 1 fully saturated rings. The van der Waals surface area contributed by atoms with Crippen LogP contribution in [0.4, 0.5) is 5.82 Å². The van der Waals surface area contributed by atoms with Gasteiger partial charge in [0, 0.05) is 26.7 Å². The molecule has 20 heavy (non-hydrogen) atoms. The molecule has 0 radical (unpaired) electrons. The Morgan fingerprint density at radius 1 is 1.40 bits per heavy atom. The van der Waals surface area contributed by atoms with Gasteiger partial charge in [0.15, 0.2) is 0 Å². The maximum Gasteiger partial charge on any atom is 0.146 e. The Morgan fingerprint density at radius 3 is 2.85 bits per heavy atom. The smallest absolute Gasteiger partial charge is 0.146 e. The van der Waals surface area contributed by atoms with Crippen LogP contribution < -0.4 is 10.2 Å². The van der Waals surface area contributed by atoms with Crippen LogP contribution in [0.25, 0.3) is 0 Å². The van der Waals surface area contributed by atoms with Crippen molar-refractivity contribution in [3.05, 3.63) is 18.1 Å². The number of hydrogen-bond donors (Lipinski definition) is 1. The molecule has 2 rings (SSSR count). The fraction of sp³-hybridized carbons (Fsp3) is 0.733. The van der Waals surface area contributed by atoms with E-state index < -0.39 is 0 Å². The van der Waals surface area contributed by atoms with Gasteiger partial charge in [-0.1, -0.05) is 6.92 Å². The van der Waals surface area contributed by atoms with Gasteiger partial charge in [-0.15, -0.1) is 0 Å². The monoisotopic (exact) mass is 277 g/mol. The Labute approximate surface area is 122 Å². The molecule has 0 amide bonds. The predicted molar refractivity (Wildman–Crippen MR) is 82.9 cm³/mol. The molecular weight excluding hydrogens is 250 g/mol. The number of likely N-dealkylation sites (tertiary alicyclic amines) is 1. The van der Waals surface area contributed by atoms with E-state index in [1.165, 1.54) is 19.5 Å². The molecule has 112 valence electrons. The Hall–Kier alpha value is -1.20. The molecule has 1 aromatic heterocycles. The molecule has 1 aliphatic heterocycles. The van der Waals surface area contributed by atoms with E-state index in [1.807, 2.05) is 12.4 Å². The molecule has 1 N–H and O–H groups in total. The maximum absolute atomic E-state index is 4.53. The van der Waals surface area contributed by atoms with E-state index >= 15 is 0 Å². The van der Waals surface area contributed by atoms with Crippen LogP contribution in [-0.4, -0.2) is 55.1 Å². The van der Waals surface area contributed by atoms with Crippen LogP contribution in [-0.2, 0) is 6.54 Å². The zero-order valence-corrected chi connectivity index (χ0v) is 13.0. The molecule has 1 aliphatic rings. The number of anilines is 1. The van der Waals surface area contributed by atoms with Crippen molar-refractivity contribution >= 4 is 5.82 Å². The van der Waals surface area contributed by atoms with Gasteiger partial charge in [0.05, 0.1) is 18.1 Å². The van der Waals surface area contributed by atoms with E-state index in [0.717, 1.165) is 43.5 Å². The molecule has 1 saturated heterocycles. The molecule has 0 bridgehead atoms. The molecule has 5 nitrogen and oxygen atoms in total. The Balaban J connectivity index is 1.82. The first kappa shape index (κ1) is 15.2. The fourth-order valence-electron chi connectivity index (χ4n) is 2.69. The van der Waals surface area contributed by atoms with Crippen molar-refractivity contribution in [1.29, 1.82) is 0 Å². The van der Waals surface area contributed by atoms with E-state index in [4.69, 9.17) is 0 Å². The average Bonchev–Trinajstić information content (AvgIpc) is 2.85. The summed E-state index contributed by atoms with van der Waals surface area (Å²) in [7, 11) is 4.30. The first-order valence-corrected chi connectivity index (χ1v) is 7.60. The highest BCUT2D eigenvalue weighted by Crippen LogP contribution is 2.17. The quantitative estimate of drug-likeness (QED) is 0.763. The van der Waals surface area contributed by atoms with E-state index in [9.17, 15) is 0 Å². The second-order valence-corrected chi connectivity index (χ2v) is 5.84. The molecule has 1 atom stereocenters. The number of aromatic nitrogens is 2. The molecule has 1 aromatic rings. The highest BCUT2D eigenvalue weighted by molar-refractivity contribution is 5.34.